The van der Waals surface area contributed by atoms with E-state index < -0.39 is 35.3 Å². The van der Waals surface area contributed by atoms with Crippen LogP contribution in [0, 0.1) is 18.8 Å². The van der Waals surface area contributed by atoms with Crippen molar-refractivity contribution in [1.82, 2.24) is 9.55 Å². The van der Waals surface area contributed by atoms with E-state index in [2.05, 4.69) is 4.98 Å². The number of aryl methyl sites for hydroxylation is 1. The topological polar surface area (TPSA) is 116 Å². The van der Waals surface area contributed by atoms with Gasteiger partial charge in [-0.25, -0.2) is 4.79 Å². The molecule has 1 aromatic rings. The Balaban J connectivity index is 2.23. The zero-order valence-electron chi connectivity index (χ0n) is 9.91. The first-order valence-electron chi connectivity index (χ1n) is 5.73. The third-order valence-corrected chi connectivity index (χ3v) is 3.58. The Morgan fingerprint density at radius 2 is 1.89 bits per heavy atom. The molecule has 0 radical (unpaired) electrons. The summed E-state index contributed by atoms with van der Waals surface area (Å²) in [5, 5.41) is 28.1. The van der Waals surface area contributed by atoms with Crippen LogP contribution in [0.5, 0.6) is 0 Å². The first-order valence-corrected chi connectivity index (χ1v) is 5.73. The second-order valence-electron chi connectivity index (χ2n) is 4.72. The highest BCUT2D eigenvalue weighted by atomic mass is 16.3. The summed E-state index contributed by atoms with van der Waals surface area (Å²) >= 11 is 0. The van der Waals surface area contributed by atoms with E-state index in [4.69, 9.17) is 5.11 Å². The van der Waals surface area contributed by atoms with Crippen molar-refractivity contribution in [3.05, 3.63) is 32.6 Å². The number of aliphatic hydroxyl groups is 3. The lowest BCUT2D eigenvalue weighted by Crippen LogP contribution is -2.59. The third kappa shape index (κ3) is 2.00. The van der Waals surface area contributed by atoms with E-state index in [-0.39, 0.29) is 13.2 Å². The van der Waals surface area contributed by atoms with Crippen molar-refractivity contribution >= 4 is 0 Å². The fourth-order valence-corrected chi connectivity index (χ4v) is 2.34. The van der Waals surface area contributed by atoms with Gasteiger partial charge in [-0.1, -0.05) is 0 Å². The fraction of sp³-hybridized carbons (Fsp3) is 0.636. The lowest BCUT2D eigenvalue weighted by atomic mass is 9.68. The van der Waals surface area contributed by atoms with E-state index in [1.54, 1.807) is 6.92 Å². The van der Waals surface area contributed by atoms with Crippen LogP contribution < -0.4 is 11.2 Å². The Kier molecular flexibility index (Phi) is 3.38. The van der Waals surface area contributed by atoms with Gasteiger partial charge in [0.1, 0.15) is 0 Å². The van der Waals surface area contributed by atoms with Crippen LogP contribution in [0.3, 0.4) is 0 Å². The molecule has 1 heterocycles. The molecule has 4 atom stereocenters. The van der Waals surface area contributed by atoms with Gasteiger partial charge in [0.05, 0.1) is 12.2 Å². The maximum atomic E-state index is 11.6. The van der Waals surface area contributed by atoms with Gasteiger partial charge in [-0.3, -0.25) is 14.3 Å². The van der Waals surface area contributed by atoms with E-state index in [0.29, 0.717) is 5.56 Å². The van der Waals surface area contributed by atoms with Crippen LogP contribution in [0.4, 0.5) is 0 Å². The molecule has 7 heteroatoms. The van der Waals surface area contributed by atoms with Gasteiger partial charge >= 0.3 is 5.69 Å². The van der Waals surface area contributed by atoms with Crippen LogP contribution in [0.25, 0.3) is 0 Å². The van der Waals surface area contributed by atoms with Crippen molar-refractivity contribution in [2.75, 3.05) is 6.61 Å². The van der Waals surface area contributed by atoms with Gasteiger partial charge in [0.2, 0.25) is 0 Å². The Morgan fingerprint density at radius 3 is 2.50 bits per heavy atom. The van der Waals surface area contributed by atoms with Crippen molar-refractivity contribution in [3.8, 4) is 0 Å². The van der Waals surface area contributed by atoms with Crippen molar-refractivity contribution in [2.24, 2.45) is 11.8 Å². The van der Waals surface area contributed by atoms with E-state index >= 15 is 0 Å². The summed E-state index contributed by atoms with van der Waals surface area (Å²) in [4.78, 5) is 24.9. The van der Waals surface area contributed by atoms with Crippen molar-refractivity contribution in [2.45, 2.75) is 25.7 Å². The number of aromatic nitrogens is 2. The van der Waals surface area contributed by atoms with Gasteiger partial charge in [0.25, 0.3) is 5.56 Å². The first-order chi connectivity index (χ1) is 8.45. The quantitative estimate of drug-likeness (QED) is 0.490. The monoisotopic (exact) mass is 256 g/mol. The number of hydrogen-bond donors (Lipinski definition) is 4. The van der Waals surface area contributed by atoms with Gasteiger partial charge in [0, 0.05) is 36.7 Å². The first kappa shape index (κ1) is 13.0. The molecule has 7 nitrogen and oxygen atoms in total. The molecule has 2 rings (SSSR count). The van der Waals surface area contributed by atoms with Gasteiger partial charge in [-0.2, -0.15) is 0 Å². The Morgan fingerprint density at radius 1 is 1.28 bits per heavy atom. The molecule has 100 valence electrons. The van der Waals surface area contributed by atoms with Crippen molar-refractivity contribution in [1.29, 1.82) is 0 Å². The minimum absolute atomic E-state index is 0.153. The molecule has 1 aliphatic carbocycles. The molecule has 0 spiro atoms. The lowest BCUT2D eigenvalue weighted by molar-refractivity contribution is -0.171. The number of rotatable bonds is 3. The molecule has 4 N–H and O–H groups in total. The minimum Gasteiger partial charge on any atom is -0.396 e. The number of aromatic amines is 1. The van der Waals surface area contributed by atoms with E-state index in [1.807, 2.05) is 0 Å². The summed E-state index contributed by atoms with van der Waals surface area (Å²) in [6, 6.07) is 0. The van der Waals surface area contributed by atoms with Gasteiger partial charge in [0.15, 0.2) is 0 Å². The number of nitrogens with one attached hydrogen (secondary N) is 1. The molecule has 0 bridgehead atoms. The summed E-state index contributed by atoms with van der Waals surface area (Å²) < 4.78 is 1.28. The Labute approximate surface area is 102 Å². The van der Waals surface area contributed by atoms with Gasteiger partial charge in [-0.15, -0.1) is 0 Å². The number of hydrogen-bond acceptors (Lipinski definition) is 5. The molecule has 1 aliphatic rings. The van der Waals surface area contributed by atoms with Crippen molar-refractivity contribution < 1.29 is 15.3 Å². The number of aliphatic hydroxyl groups excluding tert-OH is 3. The molecule has 0 aliphatic heterocycles. The van der Waals surface area contributed by atoms with Crippen LogP contribution in [0.2, 0.25) is 0 Å². The molecule has 0 aromatic carbocycles. The van der Waals surface area contributed by atoms with E-state index in [9.17, 15) is 19.8 Å². The van der Waals surface area contributed by atoms with Crippen molar-refractivity contribution in [3.63, 3.8) is 0 Å². The van der Waals surface area contributed by atoms with Crippen LogP contribution in [0.1, 0.15) is 5.56 Å². The number of H-pyrrole nitrogens is 1. The van der Waals surface area contributed by atoms with Crippen LogP contribution in [-0.4, -0.2) is 43.7 Å². The summed E-state index contributed by atoms with van der Waals surface area (Å²) in [5.74, 6) is -0.841. The fourth-order valence-electron chi connectivity index (χ4n) is 2.34. The molecule has 0 saturated heterocycles. The maximum absolute atomic E-state index is 11.6. The Bertz CT molecular complexity index is 549. The summed E-state index contributed by atoms with van der Waals surface area (Å²) in [7, 11) is 0. The average Bonchev–Trinajstić information content (AvgIpc) is 2.34. The zero-order valence-corrected chi connectivity index (χ0v) is 9.91. The SMILES string of the molecule is Cc1cn(C[C@H]2[C@H](O)[C@H](O)[C@H]2CO)c(=O)[nH]c1=O. The van der Waals surface area contributed by atoms with E-state index in [0.717, 1.165) is 0 Å². The molecule has 1 fully saturated rings. The predicted octanol–water partition coefficient (Wildman–Crippen LogP) is -2.19. The third-order valence-electron chi connectivity index (χ3n) is 3.58. The highest BCUT2D eigenvalue weighted by Gasteiger charge is 2.48. The Hall–Kier alpha value is -1.44. The zero-order chi connectivity index (χ0) is 13.4. The summed E-state index contributed by atoms with van der Waals surface area (Å²) in [6.45, 7) is 1.48. The highest BCUT2D eigenvalue weighted by molar-refractivity contribution is 5.03. The van der Waals surface area contributed by atoms with Crippen LogP contribution in [-0.2, 0) is 6.54 Å². The van der Waals surface area contributed by atoms with E-state index in [1.165, 1.54) is 10.8 Å². The molecule has 0 amide bonds. The summed E-state index contributed by atoms with van der Waals surface area (Å²) in [5.41, 5.74) is -0.607. The molecule has 0 unspecified atom stereocenters. The number of nitrogens with zero attached hydrogens (tertiary/aromatic N) is 1. The highest BCUT2D eigenvalue weighted by Crippen LogP contribution is 2.35. The molecular formula is C11H16N2O5. The van der Waals surface area contributed by atoms with Crippen LogP contribution >= 0.6 is 0 Å². The smallest absolute Gasteiger partial charge is 0.328 e. The molecule has 18 heavy (non-hydrogen) atoms. The minimum atomic E-state index is -0.959. The second-order valence-corrected chi connectivity index (χ2v) is 4.72. The van der Waals surface area contributed by atoms with Crippen LogP contribution in [0.15, 0.2) is 15.8 Å². The maximum Gasteiger partial charge on any atom is 0.328 e. The second kappa shape index (κ2) is 4.68. The predicted molar refractivity (Wildman–Crippen MR) is 62.1 cm³/mol. The van der Waals surface area contributed by atoms with Gasteiger partial charge in [-0.05, 0) is 6.92 Å². The van der Waals surface area contributed by atoms with Gasteiger partial charge < -0.3 is 15.3 Å². The largest absolute Gasteiger partial charge is 0.396 e. The summed E-state index contributed by atoms with van der Waals surface area (Å²) in [6.07, 6.45) is -0.506. The lowest BCUT2D eigenvalue weighted by Gasteiger charge is -2.45. The molecular weight excluding hydrogens is 240 g/mol. The molecule has 1 saturated carbocycles. The average molecular weight is 256 g/mol. The molecule has 1 aromatic heterocycles. The normalized spacial score (nSPS) is 31.1. The standard InChI is InChI=1S/C11H16N2O5/c1-5-2-13(11(18)12-10(5)17)3-6-7(4-14)9(16)8(6)15/h2,6-9,14-16H,3-4H2,1H3,(H,12,17,18)/t6-,7+,8+,9-/m1/s1.